The van der Waals surface area contributed by atoms with Crippen molar-refractivity contribution in [1.82, 2.24) is 10.6 Å². The van der Waals surface area contributed by atoms with Gasteiger partial charge in [-0.3, -0.25) is 9.59 Å². The van der Waals surface area contributed by atoms with Crippen LogP contribution in [0.5, 0.6) is 0 Å². The molecule has 0 bridgehead atoms. The molecule has 6 heteroatoms. The SMILES string of the molecule is CCCCCCCCCCCC(=O)NCCCCC(NC(=O)C1CCCCC1)C(=O)O. The van der Waals surface area contributed by atoms with Gasteiger partial charge in [-0.25, -0.2) is 4.79 Å². The van der Waals surface area contributed by atoms with Crippen LogP contribution in [0.1, 0.15) is 122 Å². The molecule has 1 saturated carbocycles. The van der Waals surface area contributed by atoms with Gasteiger partial charge < -0.3 is 15.7 Å². The Morgan fingerprint density at radius 3 is 2.06 bits per heavy atom. The van der Waals surface area contributed by atoms with Crippen molar-refractivity contribution in [2.75, 3.05) is 6.54 Å². The number of hydrogen-bond donors (Lipinski definition) is 3. The summed E-state index contributed by atoms with van der Waals surface area (Å²) in [4.78, 5) is 35.7. The number of nitrogens with one attached hydrogen (secondary N) is 2. The molecule has 0 radical (unpaired) electrons. The van der Waals surface area contributed by atoms with E-state index in [-0.39, 0.29) is 17.7 Å². The maximum absolute atomic E-state index is 12.3. The summed E-state index contributed by atoms with van der Waals surface area (Å²) < 4.78 is 0. The van der Waals surface area contributed by atoms with E-state index in [2.05, 4.69) is 17.6 Å². The van der Waals surface area contributed by atoms with Gasteiger partial charge in [0.05, 0.1) is 0 Å². The molecule has 1 rings (SSSR count). The minimum absolute atomic E-state index is 0.0315. The molecule has 180 valence electrons. The summed E-state index contributed by atoms with van der Waals surface area (Å²) in [7, 11) is 0. The Kier molecular flexibility index (Phi) is 16.0. The van der Waals surface area contributed by atoms with E-state index in [4.69, 9.17) is 0 Å². The van der Waals surface area contributed by atoms with Crippen LogP contribution in [-0.4, -0.2) is 35.5 Å². The van der Waals surface area contributed by atoms with Crippen LogP contribution in [0, 0.1) is 5.92 Å². The summed E-state index contributed by atoms with van der Waals surface area (Å²) in [6.07, 6.45) is 18.5. The average molecular weight is 439 g/mol. The van der Waals surface area contributed by atoms with E-state index in [9.17, 15) is 19.5 Å². The number of rotatable bonds is 18. The van der Waals surface area contributed by atoms with Crippen LogP contribution in [0.25, 0.3) is 0 Å². The lowest BCUT2D eigenvalue weighted by atomic mass is 9.88. The first-order chi connectivity index (χ1) is 15.0. The highest BCUT2D eigenvalue weighted by Crippen LogP contribution is 2.24. The fourth-order valence-electron chi connectivity index (χ4n) is 4.30. The number of unbranched alkanes of at least 4 members (excludes halogenated alkanes) is 9. The molecule has 3 N–H and O–H groups in total. The van der Waals surface area contributed by atoms with E-state index in [0.29, 0.717) is 25.8 Å². The van der Waals surface area contributed by atoms with Gasteiger partial charge in [0, 0.05) is 18.9 Å². The van der Waals surface area contributed by atoms with E-state index in [1.165, 1.54) is 44.9 Å². The number of amides is 2. The van der Waals surface area contributed by atoms with Crippen molar-refractivity contribution in [3.8, 4) is 0 Å². The molecule has 1 unspecified atom stereocenters. The highest BCUT2D eigenvalue weighted by atomic mass is 16.4. The van der Waals surface area contributed by atoms with Gasteiger partial charge in [0.2, 0.25) is 11.8 Å². The predicted octanol–water partition coefficient (Wildman–Crippen LogP) is 5.34. The third-order valence-corrected chi connectivity index (χ3v) is 6.34. The first-order valence-electron chi connectivity index (χ1n) is 12.8. The van der Waals surface area contributed by atoms with Gasteiger partial charge in [-0.15, -0.1) is 0 Å². The number of carbonyl (C=O) groups excluding carboxylic acids is 2. The van der Waals surface area contributed by atoms with Gasteiger partial charge in [-0.1, -0.05) is 77.6 Å². The molecule has 0 aliphatic heterocycles. The van der Waals surface area contributed by atoms with Crippen LogP contribution in [0.4, 0.5) is 0 Å². The predicted molar refractivity (Wildman–Crippen MR) is 125 cm³/mol. The Labute approximate surface area is 189 Å². The van der Waals surface area contributed by atoms with Crippen molar-refractivity contribution in [1.29, 1.82) is 0 Å². The highest BCUT2D eigenvalue weighted by Gasteiger charge is 2.26. The summed E-state index contributed by atoms with van der Waals surface area (Å²) in [6.45, 7) is 2.80. The van der Waals surface area contributed by atoms with Gasteiger partial charge in [0.25, 0.3) is 0 Å². The molecule has 0 aromatic rings. The zero-order valence-corrected chi connectivity index (χ0v) is 19.8. The second-order valence-corrected chi connectivity index (χ2v) is 9.16. The number of carbonyl (C=O) groups is 3. The van der Waals surface area contributed by atoms with Crippen LogP contribution >= 0.6 is 0 Å². The Balaban J connectivity index is 2.02. The number of aliphatic carboxylic acids is 1. The Bertz CT molecular complexity index is 504. The topological polar surface area (TPSA) is 95.5 Å². The van der Waals surface area contributed by atoms with Gasteiger partial charge in [0.15, 0.2) is 0 Å². The van der Waals surface area contributed by atoms with Crippen molar-refractivity contribution >= 4 is 17.8 Å². The van der Waals surface area contributed by atoms with Gasteiger partial charge >= 0.3 is 5.97 Å². The molecule has 1 aliphatic rings. The second-order valence-electron chi connectivity index (χ2n) is 9.16. The Morgan fingerprint density at radius 1 is 0.839 bits per heavy atom. The lowest BCUT2D eigenvalue weighted by Gasteiger charge is -2.23. The molecule has 1 aliphatic carbocycles. The lowest BCUT2D eigenvalue weighted by molar-refractivity contribution is -0.142. The van der Waals surface area contributed by atoms with E-state index in [1.807, 2.05) is 0 Å². The van der Waals surface area contributed by atoms with Gasteiger partial charge in [0.1, 0.15) is 6.04 Å². The first kappa shape index (κ1) is 27.4. The molecule has 0 spiro atoms. The third kappa shape index (κ3) is 14.2. The summed E-state index contributed by atoms with van der Waals surface area (Å²) in [5.74, 6) is -1.03. The molecule has 0 aromatic heterocycles. The fraction of sp³-hybridized carbons (Fsp3) is 0.880. The van der Waals surface area contributed by atoms with Gasteiger partial charge in [-0.2, -0.15) is 0 Å². The zero-order valence-electron chi connectivity index (χ0n) is 19.8. The van der Waals surface area contributed by atoms with E-state index in [1.54, 1.807) is 0 Å². The minimum atomic E-state index is -0.974. The molecule has 6 nitrogen and oxygen atoms in total. The molecule has 1 atom stereocenters. The summed E-state index contributed by atoms with van der Waals surface area (Å²) in [5, 5.41) is 15.0. The Hall–Kier alpha value is -1.59. The maximum Gasteiger partial charge on any atom is 0.326 e. The van der Waals surface area contributed by atoms with Crippen LogP contribution in [0.3, 0.4) is 0 Å². The number of carboxylic acids is 1. The first-order valence-corrected chi connectivity index (χ1v) is 12.8. The fourth-order valence-corrected chi connectivity index (χ4v) is 4.30. The molecule has 31 heavy (non-hydrogen) atoms. The van der Waals surface area contributed by atoms with Crippen LogP contribution in [-0.2, 0) is 14.4 Å². The molecule has 0 saturated heterocycles. The van der Waals surface area contributed by atoms with Crippen LogP contribution < -0.4 is 10.6 Å². The third-order valence-electron chi connectivity index (χ3n) is 6.34. The second kappa shape index (κ2) is 18.0. The van der Waals surface area contributed by atoms with Crippen molar-refractivity contribution in [3.05, 3.63) is 0 Å². The monoisotopic (exact) mass is 438 g/mol. The summed E-state index contributed by atoms with van der Waals surface area (Å²) >= 11 is 0. The number of carboxylic acid groups (broad SMARTS) is 1. The van der Waals surface area contributed by atoms with Crippen LogP contribution in [0.2, 0.25) is 0 Å². The molecular formula is C25H46N2O4. The molecule has 0 aromatic carbocycles. The van der Waals surface area contributed by atoms with Crippen LogP contribution in [0.15, 0.2) is 0 Å². The zero-order chi connectivity index (χ0) is 22.7. The van der Waals surface area contributed by atoms with E-state index >= 15 is 0 Å². The van der Waals surface area contributed by atoms with Crippen molar-refractivity contribution in [3.63, 3.8) is 0 Å². The Morgan fingerprint density at radius 2 is 1.45 bits per heavy atom. The van der Waals surface area contributed by atoms with Gasteiger partial charge in [-0.05, 0) is 38.5 Å². The smallest absolute Gasteiger partial charge is 0.326 e. The molecule has 0 heterocycles. The summed E-state index contributed by atoms with van der Waals surface area (Å²) in [5.41, 5.74) is 0. The van der Waals surface area contributed by atoms with Crippen molar-refractivity contribution in [2.24, 2.45) is 5.92 Å². The summed E-state index contributed by atoms with van der Waals surface area (Å²) in [6, 6.07) is -0.827. The minimum Gasteiger partial charge on any atom is -0.480 e. The molecule has 1 fully saturated rings. The van der Waals surface area contributed by atoms with Crippen molar-refractivity contribution < 1.29 is 19.5 Å². The molecular weight excluding hydrogens is 392 g/mol. The van der Waals surface area contributed by atoms with Crippen molar-refractivity contribution in [2.45, 2.75) is 129 Å². The highest BCUT2D eigenvalue weighted by molar-refractivity contribution is 5.85. The quantitative estimate of drug-likeness (QED) is 0.252. The van der Waals surface area contributed by atoms with E-state index < -0.39 is 12.0 Å². The maximum atomic E-state index is 12.3. The largest absolute Gasteiger partial charge is 0.480 e. The molecule has 2 amide bonds. The standard InChI is InChI=1S/C25H46N2O4/c1-2-3-4-5-6-7-8-9-13-19-23(28)26-20-15-14-18-22(25(30)31)27-24(29)21-16-11-10-12-17-21/h21-22H,2-20H2,1H3,(H,26,28)(H,27,29)(H,30,31). The number of hydrogen-bond acceptors (Lipinski definition) is 3. The average Bonchev–Trinajstić information content (AvgIpc) is 2.77. The van der Waals surface area contributed by atoms with E-state index in [0.717, 1.165) is 51.4 Å². The lowest BCUT2D eigenvalue weighted by Crippen LogP contribution is -2.44. The normalized spacial score (nSPS) is 15.4.